The van der Waals surface area contributed by atoms with Gasteiger partial charge in [0.2, 0.25) is 0 Å². The molecule has 0 aromatic heterocycles. The van der Waals surface area contributed by atoms with Crippen LogP contribution in [-0.2, 0) is 0 Å². The summed E-state index contributed by atoms with van der Waals surface area (Å²) in [4.78, 5) is 11.2. The molecule has 3 nitrogen and oxygen atoms in total. The second kappa shape index (κ2) is 7.85. The average molecular weight is 208 g/mol. The molecule has 0 heterocycles. The van der Waals surface area contributed by atoms with Crippen LogP contribution in [0.5, 0.6) is 0 Å². The van der Waals surface area contributed by atoms with Crippen LogP contribution < -0.4 is 10.6 Å². The van der Waals surface area contributed by atoms with Crippen molar-refractivity contribution in [2.24, 2.45) is 0 Å². The Morgan fingerprint density at radius 1 is 1.13 bits per heavy atom. The molecule has 0 radical (unpaired) electrons. The Kier molecular flexibility index (Phi) is 7.06. The number of carbonyl (C=O) groups is 1. The molecule has 0 saturated heterocycles. The van der Waals surface area contributed by atoms with E-state index in [1.54, 1.807) is 0 Å². The first kappa shape index (κ1) is 13.5. The molecule has 3 heteroatoms. The van der Waals surface area contributed by atoms with E-state index in [0.29, 0.717) is 0 Å². The van der Waals surface area contributed by atoms with Crippen molar-refractivity contribution in [3.05, 3.63) is 30.3 Å². The summed E-state index contributed by atoms with van der Waals surface area (Å²) in [6.45, 7) is 7.84. The Labute approximate surface area is 91.9 Å². The summed E-state index contributed by atoms with van der Waals surface area (Å²) in [7, 11) is 0. The molecule has 15 heavy (non-hydrogen) atoms. The first-order valence-electron chi connectivity index (χ1n) is 5.31. The van der Waals surface area contributed by atoms with Crippen molar-refractivity contribution in [1.29, 1.82) is 0 Å². The smallest absolute Gasteiger partial charge is 0.319 e. The lowest BCUT2D eigenvalue weighted by Crippen LogP contribution is -2.34. The van der Waals surface area contributed by atoms with Gasteiger partial charge in [-0.25, -0.2) is 4.79 Å². The van der Waals surface area contributed by atoms with Crippen molar-refractivity contribution >= 4 is 11.7 Å². The van der Waals surface area contributed by atoms with Gasteiger partial charge in [-0.05, 0) is 26.0 Å². The van der Waals surface area contributed by atoms with Crippen LogP contribution in [0, 0.1) is 0 Å². The summed E-state index contributed by atoms with van der Waals surface area (Å²) in [5, 5.41) is 5.46. The molecule has 0 spiro atoms. The Balaban J connectivity index is 0.000000921. The van der Waals surface area contributed by atoms with Crippen molar-refractivity contribution in [2.45, 2.75) is 33.7 Å². The van der Waals surface area contributed by atoms with E-state index in [9.17, 15) is 4.79 Å². The van der Waals surface area contributed by atoms with Crippen LogP contribution in [0.1, 0.15) is 27.7 Å². The molecule has 0 fully saturated rings. The number of benzene rings is 1. The zero-order valence-electron chi connectivity index (χ0n) is 9.87. The summed E-state index contributed by atoms with van der Waals surface area (Å²) in [6, 6.07) is 9.35. The quantitative estimate of drug-likeness (QED) is 0.769. The minimum atomic E-state index is -0.166. The van der Waals surface area contributed by atoms with Crippen LogP contribution in [0.3, 0.4) is 0 Å². The number of carbonyl (C=O) groups excluding carboxylic acids is 1. The number of amides is 2. The van der Waals surface area contributed by atoms with Crippen molar-refractivity contribution < 1.29 is 4.79 Å². The van der Waals surface area contributed by atoms with Crippen LogP contribution >= 0.6 is 0 Å². The molecule has 0 aliphatic rings. The van der Waals surface area contributed by atoms with Gasteiger partial charge in [-0.1, -0.05) is 32.0 Å². The maximum absolute atomic E-state index is 11.2. The highest BCUT2D eigenvalue weighted by Crippen LogP contribution is 2.04. The third-order valence-corrected chi connectivity index (χ3v) is 1.45. The number of rotatable bonds is 2. The van der Waals surface area contributed by atoms with Gasteiger partial charge in [0.05, 0.1) is 0 Å². The molecule has 0 unspecified atom stereocenters. The number of anilines is 1. The van der Waals surface area contributed by atoms with E-state index in [4.69, 9.17) is 0 Å². The third kappa shape index (κ3) is 6.55. The summed E-state index contributed by atoms with van der Waals surface area (Å²) >= 11 is 0. The summed E-state index contributed by atoms with van der Waals surface area (Å²) in [5.41, 5.74) is 0.806. The average Bonchev–Trinajstić information content (AvgIpc) is 2.21. The van der Waals surface area contributed by atoms with Crippen LogP contribution in [0.25, 0.3) is 0 Å². The van der Waals surface area contributed by atoms with Crippen LogP contribution in [0.15, 0.2) is 30.3 Å². The van der Waals surface area contributed by atoms with Gasteiger partial charge >= 0.3 is 6.03 Å². The number of hydrogen-bond acceptors (Lipinski definition) is 1. The van der Waals surface area contributed by atoms with Gasteiger partial charge in [0.1, 0.15) is 0 Å². The van der Waals surface area contributed by atoms with Gasteiger partial charge in [-0.15, -0.1) is 0 Å². The van der Waals surface area contributed by atoms with E-state index in [0.717, 1.165) is 5.69 Å². The van der Waals surface area contributed by atoms with Crippen molar-refractivity contribution in [3.63, 3.8) is 0 Å². The van der Waals surface area contributed by atoms with E-state index in [1.807, 2.05) is 58.0 Å². The third-order valence-electron chi connectivity index (χ3n) is 1.45. The fraction of sp³-hybridized carbons (Fsp3) is 0.417. The monoisotopic (exact) mass is 208 g/mol. The van der Waals surface area contributed by atoms with Crippen molar-refractivity contribution in [1.82, 2.24) is 5.32 Å². The molecule has 0 bridgehead atoms. The number of urea groups is 1. The van der Waals surface area contributed by atoms with Crippen LogP contribution in [0.4, 0.5) is 10.5 Å². The molecule has 84 valence electrons. The molecule has 2 amide bonds. The number of nitrogens with one attached hydrogen (secondary N) is 2. The summed E-state index contributed by atoms with van der Waals surface area (Å²) in [6.07, 6.45) is 0. The lowest BCUT2D eigenvalue weighted by Gasteiger charge is -2.09. The highest BCUT2D eigenvalue weighted by Gasteiger charge is 2.01. The minimum Gasteiger partial charge on any atom is -0.336 e. The molecule has 1 aromatic carbocycles. The van der Waals surface area contributed by atoms with Crippen LogP contribution in [0.2, 0.25) is 0 Å². The predicted molar refractivity (Wildman–Crippen MR) is 65.1 cm³/mol. The fourth-order valence-electron chi connectivity index (χ4n) is 0.951. The van der Waals surface area contributed by atoms with E-state index >= 15 is 0 Å². The Bertz CT molecular complexity index is 270. The zero-order valence-corrected chi connectivity index (χ0v) is 9.87. The number of para-hydroxylation sites is 1. The topological polar surface area (TPSA) is 41.1 Å². The Hall–Kier alpha value is -1.51. The molecule has 0 atom stereocenters. The van der Waals surface area contributed by atoms with Gasteiger partial charge in [-0.3, -0.25) is 0 Å². The fourth-order valence-corrected chi connectivity index (χ4v) is 0.951. The van der Waals surface area contributed by atoms with E-state index in [2.05, 4.69) is 10.6 Å². The van der Waals surface area contributed by atoms with Crippen LogP contribution in [-0.4, -0.2) is 12.1 Å². The van der Waals surface area contributed by atoms with Crippen molar-refractivity contribution in [3.8, 4) is 0 Å². The highest BCUT2D eigenvalue weighted by atomic mass is 16.2. The van der Waals surface area contributed by atoms with Gasteiger partial charge in [0, 0.05) is 11.7 Å². The first-order valence-corrected chi connectivity index (χ1v) is 5.31. The predicted octanol–water partition coefficient (Wildman–Crippen LogP) is 3.24. The molecule has 0 saturated carbocycles. The van der Waals surface area contributed by atoms with Gasteiger partial charge in [0.25, 0.3) is 0 Å². The SMILES string of the molecule is CC.CC(C)NC(=O)Nc1ccccc1. The van der Waals surface area contributed by atoms with Crippen molar-refractivity contribution in [2.75, 3.05) is 5.32 Å². The largest absolute Gasteiger partial charge is 0.336 e. The van der Waals surface area contributed by atoms with Gasteiger partial charge in [-0.2, -0.15) is 0 Å². The number of hydrogen-bond donors (Lipinski definition) is 2. The molecule has 2 N–H and O–H groups in total. The second-order valence-corrected chi connectivity index (χ2v) is 3.12. The van der Waals surface area contributed by atoms with Gasteiger partial charge in [0.15, 0.2) is 0 Å². The maximum Gasteiger partial charge on any atom is 0.319 e. The minimum absolute atomic E-state index is 0.156. The standard InChI is InChI=1S/C10H14N2O.C2H6/c1-8(2)11-10(13)12-9-6-4-3-5-7-9;1-2/h3-8H,1-2H3,(H2,11,12,13);1-2H3. The van der Waals surface area contributed by atoms with E-state index in [-0.39, 0.29) is 12.1 Å². The molecule has 0 aliphatic heterocycles. The highest BCUT2D eigenvalue weighted by molar-refractivity contribution is 5.89. The molecular formula is C12H20N2O. The first-order chi connectivity index (χ1) is 7.18. The van der Waals surface area contributed by atoms with E-state index in [1.165, 1.54) is 0 Å². The van der Waals surface area contributed by atoms with Gasteiger partial charge < -0.3 is 10.6 Å². The lowest BCUT2D eigenvalue weighted by atomic mass is 10.3. The zero-order chi connectivity index (χ0) is 11.7. The molecule has 1 rings (SSSR count). The molecule has 0 aliphatic carbocycles. The Morgan fingerprint density at radius 2 is 1.67 bits per heavy atom. The Morgan fingerprint density at radius 3 is 2.13 bits per heavy atom. The normalized spacial score (nSPS) is 8.87. The van der Waals surface area contributed by atoms with E-state index < -0.39 is 0 Å². The lowest BCUT2D eigenvalue weighted by molar-refractivity contribution is 0.250. The maximum atomic E-state index is 11.2. The second-order valence-electron chi connectivity index (χ2n) is 3.12. The summed E-state index contributed by atoms with van der Waals surface area (Å²) in [5.74, 6) is 0. The molecule has 1 aromatic rings. The summed E-state index contributed by atoms with van der Waals surface area (Å²) < 4.78 is 0. The molecular weight excluding hydrogens is 188 g/mol.